The van der Waals surface area contributed by atoms with E-state index in [1.165, 1.54) is 12.1 Å². The molecule has 1 aliphatic rings. The summed E-state index contributed by atoms with van der Waals surface area (Å²) < 4.78 is 18.8. The van der Waals surface area contributed by atoms with Gasteiger partial charge in [-0.25, -0.2) is 9.65 Å². The lowest BCUT2D eigenvalue weighted by molar-refractivity contribution is -0.471. The first-order chi connectivity index (χ1) is 15.8. The largest absolute Gasteiger partial charge is 0.394 e. The molecule has 5 atom stereocenters. The summed E-state index contributed by atoms with van der Waals surface area (Å²) in [5, 5.41) is 50.1. The lowest BCUT2D eigenvalue weighted by Crippen LogP contribution is -2.64. The van der Waals surface area contributed by atoms with Crippen molar-refractivity contribution in [3.8, 4) is 10.4 Å². The molecule has 176 valence electrons. The maximum atomic E-state index is 13.2. The van der Waals surface area contributed by atoms with Crippen LogP contribution in [0.4, 0.5) is 4.39 Å². The maximum Gasteiger partial charge on any atom is 0.256 e. The minimum atomic E-state index is -2.19. The summed E-state index contributed by atoms with van der Waals surface area (Å²) in [6, 6.07) is 15.2. The first kappa shape index (κ1) is 23.9. The average molecular weight is 477 g/mol. The Hall–Kier alpha value is -2.21. The summed E-state index contributed by atoms with van der Waals surface area (Å²) in [6.07, 6.45) is -5.85. The van der Waals surface area contributed by atoms with Crippen molar-refractivity contribution in [2.75, 3.05) is 6.61 Å². The molecule has 0 saturated carbocycles. The lowest BCUT2D eigenvalue weighted by atomic mass is 9.86. The highest BCUT2D eigenvalue weighted by Gasteiger charge is 2.56. The molecule has 7 nitrogen and oxygen atoms in total. The number of hydrogen-bond acceptors (Lipinski definition) is 8. The monoisotopic (exact) mass is 476 g/mol. The van der Waals surface area contributed by atoms with E-state index in [1.807, 2.05) is 19.1 Å². The summed E-state index contributed by atoms with van der Waals surface area (Å²) in [7, 11) is 0. The van der Waals surface area contributed by atoms with E-state index in [9.17, 15) is 30.1 Å². The van der Waals surface area contributed by atoms with Crippen LogP contribution in [0.5, 0.6) is 0 Å². The van der Waals surface area contributed by atoms with E-state index in [0.29, 0.717) is 6.42 Å². The molecule has 0 radical (unpaired) electrons. The highest BCUT2D eigenvalue weighted by molar-refractivity contribution is 7.15. The van der Waals surface area contributed by atoms with Crippen molar-refractivity contribution < 1.29 is 39.7 Å². The molecule has 0 bridgehead atoms. The van der Waals surface area contributed by atoms with E-state index in [2.05, 4.69) is 4.89 Å². The minimum Gasteiger partial charge on any atom is -0.394 e. The van der Waals surface area contributed by atoms with Crippen molar-refractivity contribution in [2.45, 2.75) is 43.5 Å². The first-order valence-electron chi connectivity index (χ1n) is 10.4. The van der Waals surface area contributed by atoms with Gasteiger partial charge in [0.25, 0.3) is 5.79 Å². The lowest BCUT2D eigenvalue weighted by Gasteiger charge is -2.46. The zero-order valence-electron chi connectivity index (χ0n) is 17.8. The molecule has 3 aromatic rings. The molecule has 2 heterocycles. The van der Waals surface area contributed by atoms with Gasteiger partial charge in [-0.3, -0.25) is 0 Å². The van der Waals surface area contributed by atoms with Crippen molar-refractivity contribution in [1.29, 1.82) is 0 Å². The van der Waals surface area contributed by atoms with Gasteiger partial charge in [0.15, 0.2) is 0 Å². The SMILES string of the molecule is Cc1ccc([C@]2(OO)O[C@H](CO)[C@@H](O)[C@H](O)[C@H]2O)cc1Cc1ccc(-c2ccc(F)cc2)s1. The molecular formula is C24H25FO7S. The van der Waals surface area contributed by atoms with Crippen molar-refractivity contribution in [1.82, 2.24) is 0 Å². The van der Waals surface area contributed by atoms with E-state index < -0.39 is 36.8 Å². The van der Waals surface area contributed by atoms with Gasteiger partial charge < -0.3 is 25.2 Å². The summed E-state index contributed by atoms with van der Waals surface area (Å²) in [5.74, 6) is -2.49. The van der Waals surface area contributed by atoms with E-state index in [1.54, 1.807) is 41.7 Å². The molecule has 2 aromatic carbocycles. The predicted molar refractivity (Wildman–Crippen MR) is 119 cm³/mol. The molecule has 9 heteroatoms. The smallest absolute Gasteiger partial charge is 0.256 e. The number of aliphatic hydroxyl groups is 4. The third-order valence-electron chi connectivity index (χ3n) is 5.99. The molecular weight excluding hydrogens is 451 g/mol. The van der Waals surface area contributed by atoms with Crippen LogP contribution in [-0.2, 0) is 21.8 Å². The van der Waals surface area contributed by atoms with Crippen molar-refractivity contribution >= 4 is 11.3 Å². The number of ether oxygens (including phenoxy) is 1. The summed E-state index contributed by atoms with van der Waals surface area (Å²) in [6.45, 7) is 1.25. The normalized spacial score (nSPS) is 27.6. The molecule has 0 amide bonds. The van der Waals surface area contributed by atoms with Gasteiger partial charge in [0, 0.05) is 21.7 Å². The van der Waals surface area contributed by atoms with Gasteiger partial charge in [-0.05, 0) is 53.9 Å². The minimum absolute atomic E-state index is 0.220. The Morgan fingerprint density at radius 3 is 2.42 bits per heavy atom. The molecule has 33 heavy (non-hydrogen) atoms. The van der Waals surface area contributed by atoms with Gasteiger partial charge in [0.2, 0.25) is 0 Å². The van der Waals surface area contributed by atoms with Crippen LogP contribution in [-0.4, -0.2) is 56.7 Å². The molecule has 1 fully saturated rings. The van der Waals surface area contributed by atoms with E-state index in [4.69, 9.17) is 4.74 Å². The first-order valence-corrected chi connectivity index (χ1v) is 11.2. The second-order valence-corrected chi connectivity index (χ2v) is 9.28. The third-order valence-corrected chi connectivity index (χ3v) is 7.13. The highest BCUT2D eigenvalue weighted by atomic mass is 32.1. The van der Waals surface area contributed by atoms with Crippen LogP contribution in [0.25, 0.3) is 10.4 Å². The average Bonchev–Trinajstić information content (AvgIpc) is 3.29. The maximum absolute atomic E-state index is 13.2. The van der Waals surface area contributed by atoms with Gasteiger partial charge in [-0.1, -0.05) is 24.3 Å². The van der Waals surface area contributed by atoms with Gasteiger partial charge in [-0.15, -0.1) is 11.3 Å². The standard InChI is InChI=1S/C24H25FO7S/c1-13-2-5-16(24(32-30)23(29)22(28)21(27)19(12-26)31-24)10-15(13)11-18-8-9-20(33-18)14-3-6-17(25)7-4-14/h2-10,19,21-23,26-30H,11-12H2,1H3/t19-,21-,22+,23-,24-/m1/s1. The predicted octanol–water partition coefficient (Wildman–Crippen LogP) is 2.57. The zero-order valence-corrected chi connectivity index (χ0v) is 18.6. The quantitative estimate of drug-likeness (QED) is 0.274. The Bertz CT molecular complexity index is 1100. The second-order valence-electron chi connectivity index (χ2n) is 8.11. The van der Waals surface area contributed by atoms with Crippen molar-refractivity contribution in [3.63, 3.8) is 0 Å². The second kappa shape index (κ2) is 9.57. The van der Waals surface area contributed by atoms with E-state index in [0.717, 1.165) is 26.4 Å². The Balaban J connectivity index is 1.65. The number of aliphatic hydroxyl groups excluding tert-OH is 4. The van der Waals surface area contributed by atoms with Crippen LogP contribution < -0.4 is 0 Å². The van der Waals surface area contributed by atoms with Gasteiger partial charge >= 0.3 is 0 Å². The Labute approximate surface area is 193 Å². The molecule has 4 rings (SSSR count). The fourth-order valence-electron chi connectivity index (χ4n) is 4.02. The summed E-state index contributed by atoms with van der Waals surface area (Å²) >= 11 is 1.56. The molecule has 0 spiro atoms. The van der Waals surface area contributed by atoms with Crippen LogP contribution in [0.15, 0.2) is 54.6 Å². The van der Waals surface area contributed by atoms with Crippen LogP contribution in [0, 0.1) is 12.7 Å². The van der Waals surface area contributed by atoms with E-state index in [-0.39, 0.29) is 11.4 Å². The van der Waals surface area contributed by atoms with Crippen molar-refractivity contribution in [3.05, 3.63) is 82.0 Å². The number of aryl methyl sites for hydroxylation is 1. The zero-order chi connectivity index (χ0) is 23.8. The highest BCUT2D eigenvalue weighted by Crippen LogP contribution is 2.40. The molecule has 1 saturated heterocycles. The number of thiophene rings is 1. The number of halogens is 1. The number of benzene rings is 2. The molecule has 0 aliphatic carbocycles. The van der Waals surface area contributed by atoms with Crippen LogP contribution in [0.2, 0.25) is 0 Å². The number of rotatable bonds is 6. The molecule has 0 unspecified atom stereocenters. The van der Waals surface area contributed by atoms with Crippen molar-refractivity contribution in [2.24, 2.45) is 0 Å². The summed E-state index contributed by atoms with van der Waals surface area (Å²) in [5.41, 5.74) is 2.92. The fraction of sp³-hybridized carbons (Fsp3) is 0.333. The van der Waals surface area contributed by atoms with Gasteiger partial charge in [0.1, 0.15) is 30.2 Å². The molecule has 5 N–H and O–H groups in total. The van der Waals surface area contributed by atoms with Gasteiger partial charge in [0.05, 0.1) is 6.61 Å². The van der Waals surface area contributed by atoms with Gasteiger partial charge in [-0.2, -0.15) is 4.89 Å². The Kier molecular flexibility index (Phi) is 6.94. The number of hydrogen-bond donors (Lipinski definition) is 5. The van der Waals surface area contributed by atoms with E-state index >= 15 is 0 Å². The molecule has 1 aromatic heterocycles. The third kappa shape index (κ3) is 4.46. The summed E-state index contributed by atoms with van der Waals surface area (Å²) in [4.78, 5) is 6.58. The fourth-order valence-corrected chi connectivity index (χ4v) is 5.05. The van der Waals surface area contributed by atoms with Crippen LogP contribution in [0.1, 0.15) is 21.6 Å². The molecule has 1 aliphatic heterocycles. The topological polar surface area (TPSA) is 120 Å². The Morgan fingerprint density at radius 2 is 1.76 bits per heavy atom. The van der Waals surface area contributed by atoms with Crippen LogP contribution in [0.3, 0.4) is 0 Å². The Morgan fingerprint density at radius 1 is 1.03 bits per heavy atom. The van der Waals surface area contributed by atoms with Crippen LogP contribution >= 0.6 is 11.3 Å².